The lowest BCUT2D eigenvalue weighted by Crippen LogP contribution is -2.41. The fraction of sp³-hybridized carbons (Fsp3) is 0.333. The molecule has 1 aromatic heterocycles. The van der Waals surface area contributed by atoms with E-state index >= 15 is 0 Å². The van der Waals surface area contributed by atoms with Gasteiger partial charge in [0.25, 0.3) is 5.56 Å². The Morgan fingerprint density at radius 1 is 1.09 bits per heavy atom. The fourth-order valence-corrected chi connectivity index (χ4v) is 3.52. The summed E-state index contributed by atoms with van der Waals surface area (Å²) < 4.78 is 16.6. The summed E-state index contributed by atoms with van der Waals surface area (Å²) in [7, 11) is 1.55. The maximum absolute atomic E-state index is 12.5. The molecule has 172 valence electrons. The highest BCUT2D eigenvalue weighted by atomic mass is 16.5. The third-order valence-corrected chi connectivity index (χ3v) is 5.38. The van der Waals surface area contributed by atoms with Gasteiger partial charge in [-0.25, -0.2) is 0 Å². The first-order valence-electron chi connectivity index (χ1n) is 10.8. The molecule has 0 atom stereocenters. The number of nitrogens with one attached hydrogen (secondary N) is 1. The highest BCUT2D eigenvalue weighted by Gasteiger charge is 2.18. The van der Waals surface area contributed by atoms with E-state index in [-0.39, 0.29) is 30.0 Å². The van der Waals surface area contributed by atoms with E-state index in [2.05, 4.69) is 15.2 Å². The molecule has 0 bridgehead atoms. The molecule has 3 aromatic rings. The number of benzene rings is 2. The molecule has 0 aliphatic carbocycles. The average molecular weight is 450 g/mol. The molecule has 33 heavy (non-hydrogen) atoms. The molecule has 1 amide bonds. The highest BCUT2D eigenvalue weighted by Crippen LogP contribution is 2.31. The third kappa shape index (κ3) is 5.75. The maximum Gasteiger partial charge on any atom is 0.273 e. The van der Waals surface area contributed by atoms with Gasteiger partial charge in [-0.15, -0.1) is 10.2 Å². The number of aromatic nitrogens is 3. The molecule has 2 heterocycles. The average Bonchev–Trinajstić information content (AvgIpc) is 2.87. The fourth-order valence-electron chi connectivity index (χ4n) is 3.52. The van der Waals surface area contributed by atoms with E-state index in [1.54, 1.807) is 30.2 Å². The third-order valence-electron chi connectivity index (χ3n) is 5.38. The molecule has 1 fully saturated rings. The van der Waals surface area contributed by atoms with Crippen molar-refractivity contribution in [1.82, 2.24) is 20.1 Å². The van der Waals surface area contributed by atoms with Crippen LogP contribution in [0.3, 0.4) is 0 Å². The summed E-state index contributed by atoms with van der Waals surface area (Å²) in [6.45, 7) is 2.64. The summed E-state index contributed by atoms with van der Waals surface area (Å²) in [6.07, 6.45) is 0.437. The summed E-state index contributed by atoms with van der Waals surface area (Å²) in [6, 6.07) is 15.1. The Hall–Kier alpha value is -3.72. The van der Waals surface area contributed by atoms with Gasteiger partial charge in [0.2, 0.25) is 5.91 Å². The molecule has 1 saturated heterocycles. The predicted octanol–water partition coefficient (Wildman–Crippen LogP) is 2.21. The van der Waals surface area contributed by atoms with E-state index in [9.17, 15) is 9.59 Å². The van der Waals surface area contributed by atoms with Crippen molar-refractivity contribution in [2.75, 3.05) is 33.4 Å². The van der Waals surface area contributed by atoms with Gasteiger partial charge in [-0.05, 0) is 23.8 Å². The summed E-state index contributed by atoms with van der Waals surface area (Å²) in [5, 5.41) is 8.22. The number of amides is 1. The van der Waals surface area contributed by atoms with Crippen molar-refractivity contribution in [3.05, 3.63) is 70.1 Å². The molecule has 9 heteroatoms. The maximum atomic E-state index is 12.5. The second-order valence-corrected chi connectivity index (χ2v) is 7.58. The van der Waals surface area contributed by atoms with Crippen molar-refractivity contribution < 1.29 is 19.0 Å². The number of methoxy groups -OCH3 is 1. The van der Waals surface area contributed by atoms with Crippen LogP contribution in [0.15, 0.2) is 53.3 Å². The van der Waals surface area contributed by atoms with Gasteiger partial charge in [0.1, 0.15) is 12.3 Å². The van der Waals surface area contributed by atoms with Gasteiger partial charge in [-0.2, -0.15) is 0 Å². The number of H-pyrrole nitrogens is 1. The zero-order valence-corrected chi connectivity index (χ0v) is 18.5. The van der Waals surface area contributed by atoms with Gasteiger partial charge in [0, 0.05) is 31.5 Å². The minimum Gasteiger partial charge on any atom is -0.493 e. The van der Waals surface area contributed by atoms with Crippen LogP contribution in [0.2, 0.25) is 0 Å². The first kappa shape index (κ1) is 22.5. The number of carbonyl (C=O) groups is 1. The normalized spacial score (nSPS) is 13.5. The molecule has 0 spiro atoms. The van der Waals surface area contributed by atoms with Crippen molar-refractivity contribution >= 4 is 5.91 Å². The number of rotatable bonds is 8. The van der Waals surface area contributed by atoms with E-state index in [4.69, 9.17) is 14.2 Å². The Balaban J connectivity index is 1.42. The summed E-state index contributed by atoms with van der Waals surface area (Å²) >= 11 is 0. The number of morpholine rings is 1. The van der Waals surface area contributed by atoms with Gasteiger partial charge >= 0.3 is 0 Å². The van der Waals surface area contributed by atoms with Crippen LogP contribution >= 0.6 is 0 Å². The number of ether oxygens (including phenoxy) is 3. The van der Waals surface area contributed by atoms with E-state index in [1.165, 1.54) is 0 Å². The van der Waals surface area contributed by atoms with Crippen LogP contribution in [-0.2, 0) is 22.6 Å². The molecule has 1 aliphatic heterocycles. The van der Waals surface area contributed by atoms with E-state index in [0.717, 1.165) is 5.56 Å². The number of nitrogens with zero attached hydrogens (tertiary/aromatic N) is 3. The van der Waals surface area contributed by atoms with E-state index in [1.807, 2.05) is 30.3 Å². The van der Waals surface area contributed by atoms with Gasteiger partial charge in [-0.1, -0.05) is 30.3 Å². The molecule has 2 aromatic carbocycles. The minimum absolute atomic E-state index is 0.0144. The summed E-state index contributed by atoms with van der Waals surface area (Å²) in [4.78, 5) is 29.3. The number of aryl methyl sites for hydroxylation is 1. The van der Waals surface area contributed by atoms with Crippen LogP contribution < -0.4 is 15.0 Å². The monoisotopic (exact) mass is 450 g/mol. The number of aromatic amines is 1. The van der Waals surface area contributed by atoms with Gasteiger partial charge < -0.3 is 24.1 Å². The van der Waals surface area contributed by atoms with Crippen molar-refractivity contribution in [3.8, 4) is 22.9 Å². The van der Waals surface area contributed by atoms with Gasteiger partial charge in [0.15, 0.2) is 17.3 Å². The SMILES string of the molecule is COc1cc(-c2nnc(CCC(=O)N3CCOCC3)c(=O)[nH]2)ccc1OCc1ccccc1. The zero-order chi connectivity index (χ0) is 23.0. The Morgan fingerprint density at radius 2 is 1.88 bits per heavy atom. The van der Waals surface area contributed by atoms with Crippen molar-refractivity contribution in [1.29, 1.82) is 0 Å². The van der Waals surface area contributed by atoms with Crippen LogP contribution in [0.5, 0.6) is 11.5 Å². The molecular formula is C24H26N4O5. The lowest BCUT2D eigenvalue weighted by Gasteiger charge is -2.26. The number of hydrogen-bond acceptors (Lipinski definition) is 7. The zero-order valence-electron chi connectivity index (χ0n) is 18.5. The Labute approximate surface area is 191 Å². The molecule has 1 aliphatic rings. The smallest absolute Gasteiger partial charge is 0.273 e. The van der Waals surface area contributed by atoms with Crippen LogP contribution in [0.4, 0.5) is 0 Å². The van der Waals surface area contributed by atoms with Crippen LogP contribution in [0.1, 0.15) is 17.7 Å². The van der Waals surface area contributed by atoms with E-state index < -0.39 is 0 Å². The topological polar surface area (TPSA) is 107 Å². The molecule has 0 saturated carbocycles. The number of hydrogen-bond donors (Lipinski definition) is 1. The first-order chi connectivity index (χ1) is 16.1. The minimum atomic E-state index is -0.363. The van der Waals surface area contributed by atoms with Gasteiger partial charge in [0.05, 0.1) is 20.3 Å². The van der Waals surface area contributed by atoms with Crippen LogP contribution in [-0.4, -0.2) is 59.4 Å². The first-order valence-corrected chi connectivity index (χ1v) is 10.8. The summed E-state index contributed by atoms with van der Waals surface area (Å²) in [5.41, 5.74) is 1.55. The lowest BCUT2D eigenvalue weighted by atomic mass is 10.2. The van der Waals surface area contributed by atoms with E-state index in [0.29, 0.717) is 55.8 Å². The Bertz CT molecular complexity index is 1140. The van der Waals surface area contributed by atoms with Crippen molar-refractivity contribution in [2.45, 2.75) is 19.4 Å². The Morgan fingerprint density at radius 3 is 2.61 bits per heavy atom. The standard InChI is InChI=1S/C24H26N4O5/c1-31-21-15-18(7-9-20(21)33-16-17-5-3-2-4-6-17)23-25-24(30)19(26-27-23)8-10-22(29)28-11-13-32-14-12-28/h2-7,9,15H,8,10-14,16H2,1H3,(H,25,27,30). The van der Waals surface area contributed by atoms with Crippen molar-refractivity contribution in [3.63, 3.8) is 0 Å². The van der Waals surface area contributed by atoms with Crippen LogP contribution in [0, 0.1) is 0 Å². The highest BCUT2D eigenvalue weighted by molar-refractivity contribution is 5.76. The predicted molar refractivity (Wildman–Crippen MR) is 121 cm³/mol. The second-order valence-electron chi connectivity index (χ2n) is 7.58. The molecule has 0 radical (unpaired) electrons. The number of carbonyl (C=O) groups excluding carboxylic acids is 1. The molecule has 4 rings (SSSR count). The van der Waals surface area contributed by atoms with Crippen molar-refractivity contribution in [2.24, 2.45) is 0 Å². The summed E-state index contributed by atoms with van der Waals surface area (Å²) in [5.74, 6) is 1.40. The molecule has 1 N–H and O–H groups in total. The second kappa shape index (κ2) is 10.7. The van der Waals surface area contributed by atoms with Gasteiger partial charge in [-0.3, -0.25) is 9.59 Å². The lowest BCUT2D eigenvalue weighted by molar-refractivity contribution is -0.135. The molecule has 0 unspecified atom stereocenters. The van der Waals surface area contributed by atoms with Crippen LogP contribution in [0.25, 0.3) is 11.4 Å². The molecule has 9 nitrogen and oxygen atoms in total. The quantitative estimate of drug-likeness (QED) is 0.561. The Kier molecular flexibility index (Phi) is 7.31. The molecular weight excluding hydrogens is 424 g/mol. The largest absolute Gasteiger partial charge is 0.493 e.